The largest absolute Gasteiger partial charge is 0.208 e. The molecule has 4 saturated carbocycles. The Morgan fingerprint density at radius 2 is 1.02 bits per heavy atom. The number of hydrogen-bond acceptors (Lipinski definition) is 4. The summed E-state index contributed by atoms with van der Waals surface area (Å²) >= 11 is 0. The maximum atomic E-state index is 9.82. The highest BCUT2D eigenvalue weighted by molar-refractivity contribution is 6.00. The lowest BCUT2D eigenvalue weighted by Gasteiger charge is -2.63. The van der Waals surface area contributed by atoms with Gasteiger partial charge in [0.1, 0.15) is 0 Å². The van der Waals surface area contributed by atoms with Crippen LogP contribution in [0.3, 0.4) is 0 Å². The minimum atomic E-state index is 0.184. The molecular weight excluding hydrogens is 777 g/mol. The smallest absolute Gasteiger partial charge is 0.164 e. The third kappa shape index (κ3) is 6.45. The highest BCUT2D eigenvalue weighted by atomic mass is 15.0. The maximum absolute atomic E-state index is 9.82. The zero-order valence-electron chi connectivity index (χ0n) is 36.4. The van der Waals surface area contributed by atoms with Gasteiger partial charge in [-0.2, -0.15) is 5.26 Å². The Kier molecular flexibility index (Phi) is 8.99. The van der Waals surface area contributed by atoms with Crippen molar-refractivity contribution in [1.82, 2.24) is 15.0 Å². The molecule has 0 amide bonds. The SMILES string of the molecule is Cc1cc(C23CC4CC(C2)CC(c2ccc(-c5cccc6c(C#N)cccc56)c(C)c2)(C4)C3)ccc1-c1cccc(-c2nc(-c3ccccc3)nc(-c3ccc4ccccc4c3)n2)c1. The van der Waals surface area contributed by atoms with Gasteiger partial charge in [-0.15, -0.1) is 0 Å². The third-order valence-electron chi connectivity index (χ3n) is 15.2. The summed E-state index contributed by atoms with van der Waals surface area (Å²) in [6, 6.07) is 63.4. The molecule has 1 heterocycles. The van der Waals surface area contributed by atoms with Crippen LogP contribution in [0.4, 0.5) is 0 Å². The lowest BCUT2D eigenvalue weighted by atomic mass is 9.41. The van der Waals surface area contributed by atoms with E-state index in [0.29, 0.717) is 17.5 Å². The molecule has 4 bridgehead atoms. The fourth-order valence-corrected chi connectivity index (χ4v) is 12.7. The van der Waals surface area contributed by atoms with Gasteiger partial charge in [0.15, 0.2) is 17.5 Å². The predicted octanol–water partition coefficient (Wildman–Crippen LogP) is 14.8. The van der Waals surface area contributed by atoms with Crippen molar-refractivity contribution in [2.45, 2.75) is 63.2 Å². The second-order valence-electron chi connectivity index (χ2n) is 19.2. The molecule has 8 aromatic carbocycles. The van der Waals surface area contributed by atoms with Crippen molar-refractivity contribution in [3.8, 4) is 62.5 Å². The van der Waals surface area contributed by atoms with Crippen molar-refractivity contribution in [2.75, 3.05) is 0 Å². The van der Waals surface area contributed by atoms with E-state index < -0.39 is 0 Å². The monoisotopic (exact) mass is 824 g/mol. The standard InChI is InChI=1S/C60H48N4/c1-38-27-49(59-32-40-29-41(33-59)35-60(34-40,37-59)50-24-26-52(39(2)28-50)54-20-10-18-53-48(36-61)17-9-19-55(53)54)23-25-51(38)45-15-8-16-46(31-45)57-62-56(43-12-4-3-5-13-43)63-58(64-57)47-22-21-42-11-6-7-14-44(42)30-47/h3-28,30-31,40-41H,29,32-35,37H2,1-2H3. The topological polar surface area (TPSA) is 62.5 Å². The Morgan fingerprint density at radius 1 is 0.453 bits per heavy atom. The van der Waals surface area contributed by atoms with Crippen LogP contribution in [0, 0.1) is 37.0 Å². The Labute approximate surface area is 375 Å². The van der Waals surface area contributed by atoms with Gasteiger partial charge in [0.2, 0.25) is 0 Å². The van der Waals surface area contributed by atoms with E-state index in [1.165, 1.54) is 88.4 Å². The number of fused-ring (bicyclic) bond motifs is 2. The van der Waals surface area contributed by atoms with E-state index in [1.807, 2.05) is 30.3 Å². The van der Waals surface area contributed by atoms with Crippen molar-refractivity contribution in [2.24, 2.45) is 11.8 Å². The van der Waals surface area contributed by atoms with Crippen LogP contribution in [0.5, 0.6) is 0 Å². The van der Waals surface area contributed by atoms with Gasteiger partial charge in [-0.3, -0.25) is 0 Å². The number of nitrogens with zero attached hydrogens (tertiary/aromatic N) is 4. The minimum absolute atomic E-state index is 0.184. The summed E-state index contributed by atoms with van der Waals surface area (Å²) in [7, 11) is 0. The highest BCUT2D eigenvalue weighted by Gasteiger charge is 2.58. The molecule has 0 aliphatic heterocycles. The van der Waals surface area contributed by atoms with Crippen LogP contribution in [-0.2, 0) is 10.8 Å². The number of aromatic nitrogens is 3. The molecule has 4 aliphatic rings. The minimum Gasteiger partial charge on any atom is -0.208 e. The molecule has 2 unspecified atom stereocenters. The number of nitriles is 1. The Morgan fingerprint density at radius 3 is 1.70 bits per heavy atom. The van der Waals surface area contributed by atoms with Gasteiger partial charge in [0, 0.05) is 22.1 Å². The Bertz CT molecular complexity index is 3340. The molecule has 308 valence electrons. The van der Waals surface area contributed by atoms with Crippen LogP contribution in [0.1, 0.15) is 66.3 Å². The van der Waals surface area contributed by atoms with Gasteiger partial charge in [0.05, 0.1) is 11.6 Å². The van der Waals surface area contributed by atoms with E-state index in [4.69, 9.17) is 15.0 Å². The summed E-state index contributed by atoms with van der Waals surface area (Å²) in [5, 5.41) is 14.3. The van der Waals surface area contributed by atoms with E-state index in [-0.39, 0.29) is 10.8 Å². The summed E-state index contributed by atoms with van der Waals surface area (Å²) in [4.78, 5) is 15.2. The van der Waals surface area contributed by atoms with E-state index >= 15 is 0 Å². The van der Waals surface area contributed by atoms with E-state index in [0.717, 1.165) is 50.2 Å². The number of rotatable bonds is 7. The summed E-state index contributed by atoms with van der Waals surface area (Å²) in [6.07, 6.45) is 7.74. The van der Waals surface area contributed by atoms with Crippen molar-refractivity contribution in [1.29, 1.82) is 5.26 Å². The second kappa shape index (κ2) is 15.0. The Balaban J connectivity index is 0.872. The summed E-state index contributed by atoms with van der Waals surface area (Å²) in [6.45, 7) is 4.58. The number of benzene rings is 8. The molecule has 0 radical (unpaired) electrons. The van der Waals surface area contributed by atoms with Crippen molar-refractivity contribution < 1.29 is 0 Å². The second-order valence-corrected chi connectivity index (χ2v) is 19.2. The first-order valence-electron chi connectivity index (χ1n) is 22.9. The zero-order valence-corrected chi connectivity index (χ0v) is 36.4. The molecule has 0 spiro atoms. The van der Waals surface area contributed by atoms with Gasteiger partial charge in [-0.05, 0) is 154 Å². The van der Waals surface area contributed by atoms with Crippen molar-refractivity contribution in [3.05, 3.63) is 198 Å². The van der Waals surface area contributed by atoms with Crippen LogP contribution in [-0.4, -0.2) is 15.0 Å². The zero-order chi connectivity index (χ0) is 43.0. The van der Waals surface area contributed by atoms with Gasteiger partial charge in [-0.1, -0.05) is 152 Å². The summed E-state index contributed by atoms with van der Waals surface area (Å²) in [5.74, 6) is 3.50. The van der Waals surface area contributed by atoms with Crippen LogP contribution in [0.2, 0.25) is 0 Å². The van der Waals surface area contributed by atoms with Gasteiger partial charge >= 0.3 is 0 Å². The lowest BCUT2D eigenvalue weighted by Crippen LogP contribution is -2.56. The van der Waals surface area contributed by atoms with Crippen LogP contribution < -0.4 is 0 Å². The molecule has 0 saturated heterocycles. The van der Waals surface area contributed by atoms with Gasteiger partial charge < -0.3 is 0 Å². The predicted molar refractivity (Wildman–Crippen MR) is 261 cm³/mol. The molecule has 4 heteroatoms. The van der Waals surface area contributed by atoms with Crippen LogP contribution in [0.15, 0.2) is 170 Å². The fourth-order valence-electron chi connectivity index (χ4n) is 12.7. The first-order chi connectivity index (χ1) is 31.3. The van der Waals surface area contributed by atoms with Crippen molar-refractivity contribution in [3.63, 3.8) is 0 Å². The molecule has 4 aliphatic carbocycles. The molecule has 0 N–H and O–H groups in total. The van der Waals surface area contributed by atoms with E-state index in [1.54, 1.807) is 0 Å². The molecule has 4 nitrogen and oxygen atoms in total. The van der Waals surface area contributed by atoms with E-state index in [9.17, 15) is 5.26 Å². The average Bonchev–Trinajstić information content (AvgIpc) is 3.33. The van der Waals surface area contributed by atoms with Crippen LogP contribution in [0.25, 0.3) is 78.0 Å². The van der Waals surface area contributed by atoms with Crippen LogP contribution >= 0.6 is 0 Å². The third-order valence-corrected chi connectivity index (χ3v) is 15.2. The molecule has 9 aromatic rings. The summed E-state index contributed by atoms with van der Waals surface area (Å²) < 4.78 is 0. The maximum Gasteiger partial charge on any atom is 0.164 e. The number of aryl methyl sites for hydroxylation is 2. The normalized spacial score (nSPS) is 21.0. The van der Waals surface area contributed by atoms with Crippen molar-refractivity contribution >= 4 is 21.5 Å². The molecule has 1 aromatic heterocycles. The molecule has 13 rings (SSSR count). The average molecular weight is 825 g/mol. The van der Waals surface area contributed by atoms with Gasteiger partial charge in [-0.25, -0.2) is 15.0 Å². The molecule has 4 fully saturated rings. The fraction of sp³-hybridized carbons (Fsp3) is 0.200. The van der Waals surface area contributed by atoms with E-state index in [2.05, 4.69) is 159 Å². The highest BCUT2D eigenvalue weighted by Crippen LogP contribution is 2.66. The Hall–Kier alpha value is -7.22. The quantitative estimate of drug-likeness (QED) is 0.161. The number of hydrogen-bond donors (Lipinski definition) is 0. The molecule has 2 atom stereocenters. The first kappa shape index (κ1) is 38.5. The molecule has 64 heavy (non-hydrogen) atoms. The van der Waals surface area contributed by atoms with Gasteiger partial charge in [0.25, 0.3) is 0 Å². The lowest BCUT2D eigenvalue weighted by molar-refractivity contribution is -0.0281. The molecular formula is C60H48N4. The first-order valence-corrected chi connectivity index (χ1v) is 22.9. The summed E-state index contributed by atoms with van der Waals surface area (Å²) in [5.41, 5.74) is 14.6.